The van der Waals surface area contributed by atoms with Crippen molar-refractivity contribution in [1.29, 1.82) is 0 Å². The molecule has 2 aromatic rings. The van der Waals surface area contributed by atoms with Crippen LogP contribution in [0.25, 0.3) is 10.8 Å². The number of nitrogens with one attached hydrogen (secondary N) is 1. The fourth-order valence-corrected chi connectivity index (χ4v) is 1.93. The molecule has 3 nitrogen and oxygen atoms in total. The lowest BCUT2D eigenvalue weighted by molar-refractivity contribution is 1.49. The van der Waals surface area contributed by atoms with Crippen LogP contribution >= 0.6 is 0 Å². The van der Waals surface area contributed by atoms with E-state index in [1.54, 1.807) is 0 Å². The van der Waals surface area contributed by atoms with Crippen molar-refractivity contribution in [1.82, 2.24) is 0 Å². The van der Waals surface area contributed by atoms with Gasteiger partial charge in [-0.15, -0.1) is 0 Å². The van der Waals surface area contributed by atoms with Crippen LogP contribution < -0.4 is 16.8 Å². The summed E-state index contributed by atoms with van der Waals surface area (Å²) < 4.78 is 0. The Bertz CT molecular complexity index is 509. The largest absolute Gasteiger partial charge is 0.398 e. The standard InChI is InChI=1S/C12H15N3/c1-7-3-4-8(13)12-9(14)5-6-10(15-2)11(7)12/h3-6,15H,13-14H2,1-2H3. The number of aryl methyl sites for hydroxylation is 1. The molecule has 0 saturated carbocycles. The third-order valence-electron chi connectivity index (χ3n) is 2.70. The zero-order chi connectivity index (χ0) is 11.0. The topological polar surface area (TPSA) is 64.1 Å². The number of benzene rings is 2. The van der Waals surface area contributed by atoms with Gasteiger partial charge in [0.15, 0.2) is 0 Å². The Morgan fingerprint density at radius 2 is 1.53 bits per heavy atom. The lowest BCUT2D eigenvalue weighted by atomic mass is 10.0. The maximum atomic E-state index is 5.94. The predicted octanol–water partition coefficient (Wildman–Crippen LogP) is 2.35. The summed E-state index contributed by atoms with van der Waals surface area (Å²) in [4.78, 5) is 0. The molecule has 0 radical (unpaired) electrons. The van der Waals surface area contributed by atoms with Gasteiger partial charge in [-0.25, -0.2) is 0 Å². The Morgan fingerprint density at radius 1 is 0.933 bits per heavy atom. The van der Waals surface area contributed by atoms with Gasteiger partial charge in [0, 0.05) is 34.9 Å². The number of hydrogen-bond acceptors (Lipinski definition) is 3. The molecule has 0 unspecified atom stereocenters. The number of rotatable bonds is 1. The number of fused-ring (bicyclic) bond motifs is 1. The van der Waals surface area contributed by atoms with Crippen LogP contribution in [0.3, 0.4) is 0 Å². The van der Waals surface area contributed by atoms with Crippen LogP contribution in [0, 0.1) is 6.92 Å². The Balaban J connectivity index is 2.99. The molecule has 0 aromatic heterocycles. The summed E-state index contributed by atoms with van der Waals surface area (Å²) in [6.07, 6.45) is 0. The molecule has 0 aliphatic heterocycles. The van der Waals surface area contributed by atoms with E-state index in [-0.39, 0.29) is 0 Å². The first-order chi connectivity index (χ1) is 7.15. The van der Waals surface area contributed by atoms with Gasteiger partial charge in [-0.3, -0.25) is 0 Å². The van der Waals surface area contributed by atoms with Crippen LogP contribution in [0.4, 0.5) is 17.1 Å². The van der Waals surface area contributed by atoms with Crippen molar-refractivity contribution in [3.63, 3.8) is 0 Å². The third kappa shape index (κ3) is 1.36. The molecule has 78 valence electrons. The average Bonchev–Trinajstić information content (AvgIpc) is 2.23. The van der Waals surface area contributed by atoms with Gasteiger partial charge in [-0.05, 0) is 30.7 Å². The van der Waals surface area contributed by atoms with Crippen molar-refractivity contribution in [2.75, 3.05) is 23.8 Å². The molecular weight excluding hydrogens is 186 g/mol. The summed E-state index contributed by atoms with van der Waals surface area (Å²) >= 11 is 0. The van der Waals surface area contributed by atoms with E-state index in [9.17, 15) is 0 Å². The maximum Gasteiger partial charge on any atom is 0.0422 e. The second kappa shape index (κ2) is 3.35. The van der Waals surface area contributed by atoms with E-state index >= 15 is 0 Å². The lowest BCUT2D eigenvalue weighted by Crippen LogP contribution is -1.98. The smallest absolute Gasteiger partial charge is 0.0422 e. The van der Waals surface area contributed by atoms with Crippen LogP contribution in [0.5, 0.6) is 0 Å². The van der Waals surface area contributed by atoms with Crippen molar-refractivity contribution >= 4 is 27.8 Å². The normalized spacial score (nSPS) is 10.5. The summed E-state index contributed by atoms with van der Waals surface area (Å²) in [6, 6.07) is 7.76. The Kier molecular flexibility index (Phi) is 2.15. The molecule has 3 heteroatoms. The second-order valence-corrected chi connectivity index (χ2v) is 3.67. The molecule has 0 heterocycles. The van der Waals surface area contributed by atoms with Gasteiger partial charge in [0.05, 0.1) is 0 Å². The number of nitrogens with two attached hydrogens (primary N) is 2. The van der Waals surface area contributed by atoms with Crippen LogP contribution in [0.1, 0.15) is 5.56 Å². The summed E-state index contributed by atoms with van der Waals surface area (Å²) in [5, 5.41) is 5.21. The van der Waals surface area contributed by atoms with Crippen molar-refractivity contribution in [2.24, 2.45) is 0 Å². The minimum Gasteiger partial charge on any atom is -0.398 e. The van der Waals surface area contributed by atoms with E-state index in [0.717, 1.165) is 27.8 Å². The van der Waals surface area contributed by atoms with Crippen molar-refractivity contribution in [3.8, 4) is 0 Å². The molecule has 0 bridgehead atoms. The van der Waals surface area contributed by atoms with Gasteiger partial charge >= 0.3 is 0 Å². The summed E-state index contributed by atoms with van der Waals surface area (Å²) in [5.41, 5.74) is 15.6. The third-order valence-corrected chi connectivity index (χ3v) is 2.70. The summed E-state index contributed by atoms with van der Waals surface area (Å²) in [6.45, 7) is 2.06. The van der Waals surface area contributed by atoms with Gasteiger partial charge < -0.3 is 16.8 Å². The van der Waals surface area contributed by atoms with Gasteiger partial charge in [0.1, 0.15) is 0 Å². The summed E-state index contributed by atoms with van der Waals surface area (Å²) in [7, 11) is 1.90. The van der Waals surface area contributed by atoms with Gasteiger partial charge in [0.2, 0.25) is 0 Å². The predicted molar refractivity (Wildman–Crippen MR) is 67.1 cm³/mol. The van der Waals surface area contributed by atoms with E-state index in [4.69, 9.17) is 11.5 Å². The zero-order valence-electron chi connectivity index (χ0n) is 8.96. The molecule has 0 atom stereocenters. The van der Waals surface area contributed by atoms with Gasteiger partial charge in [0.25, 0.3) is 0 Å². The van der Waals surface area contributed by atoms with Gasteiger partial charge in [-0.2, -0.15) is 0 Å². The monoisotopic (exact) mass is 201 g/mol. The number of nitrogen functional groups attached to an aromatic ring is 2. The van der Waals surface area contributed by atoms with E-state index in [1.165, 1.54) is 5.56 Å². The Morgan fingerprint density at radius 3 is 2.13 bits per heavy atom. The van der Waals surface area contributed by atoms with E-state index in [2.05, 4.69) is 12.2 Å². The molecule has 0 aliphatic carbocycles. The number of anilines is 3. The molecule has 0 spiro atoms. The molecule has 5 N–H and O–H groups in total. The van der Waals surface area contributed by atoms with Crippen LogP contribution in [-0.4, -0.2) is 7.05 Å². The zero-order valence-corrected chi connectivity index (χ0v) is 8.96. The van der Waals surface area contributed by atoms with Gasteiger partial charge in [-0.1, -0.05) is 6.07 Å². The first kappa shape index (κ1) is 9.65. The highest BCUT2D eigenvalue weighted by Crippen LogP contribution is 2.34. The molecule has 2 rings (SSSR count). The first-order valence-electron chi connectivity index (χ1n) is 4.90. The molecule has 2 aromatic carbocycles. The first-order valence-corrected chi connectivity index (χ1v) is 4.90. The quantitative estimate of drug-likeness (QED) is 0.620. The molecule has 0 aliphatic rings. The lowest BCUT2D eigenvalue weighted by Gasteiger charge is -2.12. The van der Waals surface area contributed by atoms with E-state index in [0.29, 0.717) is 0 Å². The van der Waals surface area contributed by atoms with Crippen molar-refractivity contribution in [2.45, 2.75) is 6.92 Å². The fraction of sp³-hybridized carbons (Fsp3) is 0.167. The number of hydrogen-bond donors (Lipinski definition) is 3. The highest BCUT2D eigenvalue weighted by Gasteiger charge is 2.08. The fourth-order valence-electron chi connectivity index (χ4n) is 1.93. The second-order valence-electron chi connectivity index (χ2n) is 3.67. The molecule has 0 amide bonds. The summed E-state index contributed by atoms with van der Waals surface area (Å²) in [5.74, 6) is 0. The highest BCUT2D eigenvalue weighted by molar-refractivity contribution is 6.09. The van der Waals surface area contributed by atoms with Crippen LogP contribution in [-0.2, 0) is 0 Å². The van der Waals surface area contributed by atoms with Crippen molar-refractivity contribution < 1.29 is 0 Å². The molecular formula is C12H15N3. The molecule has 0 saturated heterocycles. The van der Waals surface area contributed by atoms with Crippen LogP contribution in [0.15, 0.2) is 24.3 Å². The SMILES string of the molecule is CNc1ccc(N)c2c(N)ccc(C)c12. The van der Waals surface area contributed by atoms with E-state index in [1.807, 2.05) is 31.3 Å². The minimum atomic E-state index is 0.727. The van der Waals surface area contributed by atoms with Crippen molar-refractivity contribution in [3.05, 3.63) is 29.8 Å². The highest BCUT2D eigenvalue weighted by atomic mass is 14.8. The molecule has 0 fully saturated rings. The Hall–Kier alpha value is -1.90. The molecule has 15 heavy (non-hydrogen) atoms. The van der Waals surface area contributed by atoms with E-state index < -0.39 is 0 Å². The maximum absolute atomic E-state index is 5.94. The Labute approximate surface area is 89.1 Å². The van der Waals surface area contributed by atoms with Crippen LogP contribution in [0.2, 0.25) is 0 Å². The average molecular weight is 201 g/mol. The minimum absolute atomic E-state index is 0.727.